The van der Waals surface area contributed by atoms with Crippen LogP contribution in [0.5, 0.6) is 0 Å². The second-order valence-electron chi connectivity index (χ2n) is 33.5. The van der Waals surface area contributed by atoms with Gasteiger partial charge in [0.1, 0.15) is 35.5 Å². The van der Waals surface area contributed by atoms with E-state index in [9.17, 15) is 42.0 Å². The molecule has 23 nitrogen and oxygen atoms in total. The predicted molar refractivity (Wildman–Crippen MR) is 506 cm³/mol. The number of nitrogens with two attached hydrogens (primary N) is 2. The zero-order valence-corrected chi connectivity index (χ0v) is 81.4. The number of nitrogens with zero attached hydrogens (tertiary/aromatic N) is 4. The average Bonchev–Trinajstić information content (AvgIpc) is 0.760. The molecule has 2 aromatic heterocycles. The molecule has 7 aromatic carbocycles. The van der Waals surface area contributed by atoms with Crippen molar-refractivity contribution in [3.05, 3.63) is 291 Å². The van der Waals surface area contributed by atoms with Crippen molar-refractivity contribution in [3.8, 4) is 0 Å². The second-order valence-corrected chi connectivity index (χ2v) is 38.7. The minimum Gasteiger partial charge on any atom is -0.777 e. The van der Waals surface area contributed by atoms with Gasteiger partial charge in [-0.15, -0.1) is 0 Å². The fourth-order valence-electron chi connectivity index (χ4n) is 15.0. The van der Waals surface area contributed by atoms with E-state index in [2.05, 4.69) is 41.8 Å². The summed E-state index contributed by atoms with van der Waals surface area (Å²) in [7, 11) is -12.7. The molecule has 9 aromatic rings. The third kappa shape index (κ3) is 42.2. The Morgan fingerprint density at radius 2 is 0.727 bits per heavy atom. The number of ether oxygens (including phenoxy) is 5. The molecule has 696 valence electrons. The molecule has 4 unspecified atom stereocenters. The van der Waals surface area contributed by atoms with Gasteiger partial charge in [-0.2, -0.15) is 18.4 Å². The smallest absolute Gasteiger partial charge is 0.777 e. The summed E-state index contributed by atoms with van der Waals surface area (Å²) in [6.07, 6.45) is 34.5. The van der Waals surface area contributed by atoms with Gasteiger partial charge in [0.15, 0.2) is 7.60 Å². The van der Waals surface area contributed by atoms with Crippen molar-refractivity contribution in [2.24, 2.45) is 11.8 Å². The number of aryl methyl sites for hydroxylation is 1. The molecule has 0 saturated carbocycles. The van der Waals surface area contributed by atoms with Crippen molar-refractivity contribution in [1.82, 2.24) is 19.1 Å². The van der Waals surface area contributed by atoms with Crippen LogP contribution in [0, 0.1) is 18.8 Å². The standard InChI is InChI=1S/C47H68N3O7P.C28H51O7PS.C26H25N3O3.Na/c1-40(2)25-16-11-9-7-5-3-4-6-8-10-12-23-34-54-35-24-36-57-58(52,53)39-55-44(37-50-33-32-45(48)49-46(50)51)38-56-47(41-26-17-13-18-27-41,42-28-19-14-20-29-42)43-30-21-15-22-31-43;1-26(2)17-14-12-10-8-6-4-5-7-9-11-13-15-22-33-23-16-24-34-36(29,30)25-35-37(31,32)28-20-18-27(3)19-21-28;27-24-16-17-29(25(31)28-24)18-23(30)19-32-26(20-10-4-1-5-11-20,21-12-6-2-7-13-21)22-14-8-3-9-15-22;/h13-15,17-22,26-33,40,44H,3-12,16,23-25,34-39H2,1-2H3,(H,52,53)(H2,48,49,51);18-21,26H,4-17,22-25H2,1-3H3,(H,29,30);1-17,23,30H,18-19H2,(H2,27,28,31);/q;;;+1/p-1. The first-order chi connectivity index (χ1) is 61.4. The monoisotopic (exact) mass is 1830 g/mol. The van der Waals surface area contributed by atoms with Crippen LogP contribution in [0.3, 0.4) is 0 Å². The van der Waals surface area contributed by atoms with Gasteiger partial charge in [-0.1, -0.05) is 381 Å². The second kappa shape index (κ2) is 62.3. The number of nitrogen functional groups attached to an aromatic ring is 2. The maximum Gasteiger partial charge on any atom is 1.00 e. The summed E-state index contributed by atoms with van der Waals surface area (Å²) in [4.78, 5) is 55.0. The van der Waals surface area contributed by atoms with Gasteiger partial charge in [0.05, 0.1) is 56.6 Å². The predicted octanol–water partition coefficient (Wildman–Crippen LogP) is 18.1. The van der Waals surface area contributed by atoms with Crippen LogP contribution in [0.15, 0.2) is 245 Å². The van der Waals surface area contributed by atoms with Crippen LogP contribution in [-0.2, 0) is 80.5 Å². The molecular formula is C101H143N6NaO17P2S. The normalized spacial score (nSPS) is 13.2. The van der Waals surface area contributed by atoms with Crippen LogP contribution in [0.25, 0.3) is 0 Å². The number of hydrogen-bond donors (Lipinski definition) is 4. The molecule has 6 N–H and O–H groups in total. The van der Waals surface area contributed by atoms with Gasteiger partial charge in [0.2, 0.25) is 0 Å². The molecule has 0 amide bonds. The van der Waals surface area contributed by atoms with Crippen LogP contribution in [0.1, 0.15) is 246 Å². The number of hydrogen-bond acceptors (Lipinski definition) is 20. The van der Waals surface area contributed by atoms with Crippen molar-refractivity contribution < 1.29 is 98.9 Å². The number of aromatic nitrogens is 4. The van der Waals surface area contributed by atoms with Crippen molar-refractivity contribution in [2.45, 2.75) is 256 Å². The quantitative estimate of drug-likeness (QED) is 0.00904. The number of aliphatic hydroxyl groups is 1. The molecule has 0 aliphatic carbocycles. The van der Waals surface area contributed by atoms with E-state index in [1.807, 2.05) is 189 Å². The van der Waals surface area contributed by atoms with Gasteiger partial charge < -0.3 is 63.7 Å². The Hall–Kier alpha value is -7.13. The van der Waals surface area contributed by atoms with Gasteiger partial charge in [0, 0.05) is 38.8 Å². The number of benzene rings is 7. The summed E-state index contributed by atoms with van der Waals surface area (Å²) >= 11 is 0. The van der Waals surface area contributed by atoms with Crippen LogP contribution in [0.2, 0.25) is 0 Å². The van der Waals surface area contributed by atoms with Crippen LogP contribution in [-0.4, -0.2) is 115 Å². The Balaban J connectivity index is 0.000000312. The maximum atomic E-state index is 13.2. The van der Waals surface area contributed by atoms with E-state index < -0.39 is 72.8 Å². The molecule has 0 bridgehead atoms. The number of aliphatic hydroxyl groups excluding tert-OH is 1. The van der Waals surface area contributed by atoms with Crippen molar-refractivity contribution in [2.75, 3.05) is 77.0 Å². The fraction of sp³-hybridized carbons (Fsp3) is 0.505. The van der Waals surface area contributed by atoms with Crippen molar-refractivity contribution >= 4 is 36.9 Å². The van der Waals surface area contributed by atoms with E-state index in [0.29, 0.717) is 39.3 Å². The molecule has 0 aliphatic rings. The Bertz CT molecular complexity index is 4550. The van der Waals surface area contributed by atoms with Gasteiger partial charge in [0.25, 0.3) is 10.1 Å². The van der Waals surface area contributed by atoms with E-state index >= 15 is 0 Å². The summed E-state index contributed by atoms with van der Waals surface area (Å²) in [6, 6.07) is 68.4. The molecule has 0 saturated heterocycles. The van der Waals surface area contributed by atoms with E-state index in [0.717, 1.165) is 76.5 Å². The number of anilines is 2. The topological polar surface area (TPSA) is 327 Å². The molecule has 27 heteroatoms. The zero-order chi connectivity index (χ0) is 91.1. The summed E-state index contributed by atoms with van der Waals surface area (Å²) < 4.78 is 97.8. The molecule has 128 heavy (non-hydrogen) atoms. The molecular weight excluding hydrogens is 1690 g/mol. The molecule has 9 rings (SSSR count). The van der Waals surface area contributed by atoms with Gasteiger partial charge in [-0.05, 0) is 102 Å². The summed E-state index contributed by atoms with van der Waals surface area (Å²) in [5.74, 6) is 1.91. The van der Waals surface area contributed by atoms with Crippen molar-refractivity contribution in [1.29, 1.82) is 0 Å². The Morgan fingerprint density at radius 1 is 0.414 bits per heavy atom. The van der Waals surface area contributed by atoms with Crippen LogP contribution < -0.4 is 57.3 Å². The maximum absolute atomic E-state index is 13.2. The summed E-state index contributed by atoms with van der Waals surface area (Å²) in [5, 5.41) is 10.8. The minimum atomic E-state index is -4.42. The number of rotatable bonds is 63. The first-order valence-corrected chi connectivity index (χ1v) is 50.9. The van der Waals surface area contributed by atoms with E-state index in [1.165, 1.54) is 187 Å². The van der Waals surface area contributed by atoms with Gasteiger partial charge in [-0.25, -0.2) is 9.59 Å². The van der Waals surface area contributed by atoms with Crippen LogP contribution in [0.4, 0.5) is 11.6 Å². The molecule has 4 atom stereocenters. The van der Waals surface area contributed by atoms with E-state index in [4.69, 9.17) is 44.2 Å². The third-order valence-corrected chi connectivity index (χ3v) is 25.4. The average molecular weight is 1830 g/mol. The SMILES string of the molecule is CC(C)CCCCCCCCCCCCCCOCCCOP(=O)(O)COC(COC(c1ccccc1)(c1ccccc1)c1ccccc1)Cn1ccc(N)nc1=O.Cc1ccc(S(=O)(=O)OCP(=O)([O-])OCCCOCCCCCCCCCCCCCCC(C)C)cc1.Nc1ccn(CC(O)COC(c2ccccc2)(c2ccccc2)c2ccccc2)c(=O)n1.[Na+]. The molecule has 0 aliphatic heterocycles. The summed E-state index contributed by atoms with van der Waals surface area (Å²) in [5.41, 5.74) is 14.6. The Labute approximate surface area is 784 Å². The summed E-state index contributed by atoms with van der Waals surface area (Å²) in [6.45, 7) is 13.2. The molecule has 2 heterocycles. The number of unbranched alkanes of at least 4 members (excludes halogenated alkanes) is 22. The van der Waals surface area contributed by atoms with Crippen molar-refractivity contribution in [3.63, 3.8) is 0 Å². The van der Waals surface area contributed by atoms with Gasteiger partial charge >= 0.3 is 48.5 Å². The van der Waals surface area contributed by atoms with E-state index in [-0.39, 0.29) is 85.6 Å². The van der Waals surface area contributed by atoms with E-state index in [1.54, 1.807) is 12.1 Å². The van der Waals surface area contributed by atoms with Crippen LogP contribution >= 0.6 is 15.2 Å². The van der Waals surface area contributed by atoms with Gasteiger partial charge in [-0.3, -0.25) is 17.9 Å². The zero-order valence-electron chi connectivity index (χ0n) is 76.8. The Kier molecular flexibility index (Phi) is 53.4. The first kappa shape index (κ1) is 110. The molecule has 0 radical (unpaired) electrons. The first-order valence-electron chi connectivity index (χ1n) is 46.0. The fourth-order valence-corrected chi connectivity index (χ4v) is 18.0. The largest absolute Gasteiger partial charge is 1.00 e. The minimum absolute atomic E-state index is 0. The Morgan fingerprint density at radius 3 is 1.07 bits per heavy atom. The third-order valence-electron chi connectivity index (χ3n) is 21.9. The molecule has 0 fully saturated rings. The molecule has 0 spiro atoms.